The van der Waals surface area contributed by atoms with E-state index in [1.807, 2.05) is 53.3 Å². The van der Waals surface area contributed by atoms with Crippen LogP contribution in [-0.4, -0.2) is 72.1 Å². The van der Waals surface area contributed by atoms with Gasteiger partial charge >= 0.3 is 5.97 Å². The Hall–Kier alpha value is -2.58. The molecule has 0 aliphatic carbocycles. The van der Waals surface area contributed by atoms with Crippen molar-refractivity contribution in [1.82, 2.24) is 14.7 Å². The minimum atomic E-state index is -0.394. The number of benzene rings is 1. The number of carbonyl (C=O) groups is 2. The van der Waals surface area contributed by atoms with Gasteiger partial charge in [0.15, 0.2) is 5.17 Å². The molecule has 3 aliphatic heterocycles. The first-order valence-electron chi connectivity index (χ1n) is 11.3. The third kappa shape index (κ3) is 4.73. The average Bonchev–Trinajstić information content (AvgIpc) is 3.20. The fourth-order valence-corrected chi connectivity index (χ4v) is 5.67. The third-order valence-corrected chi connectivity index (χ3v) is 7.57. The lowest BCUT2D eigenvalue weighted by Gasteiger charge is -2.38. The van der Waals surface area contributed by atoms with E-state index in [4.69, 9.17) is 4.74 Å². The molecule has 1 unspecified atom stereocenters. The quantitative estimate of drug-likeness (QED) is 0.614. The Labute approximate surface area is 200 Å². The monoisotopic (exact) mass is 468 g/mol. The lowest BCUT2D eigenvalue weighted by molar-refractivity contribution is -0.136. The van der Waals surface area contributed by atoms with Gasteiger partial charge in [-0.25, -0.2) is 9.79 Å². The molecular formula is C25H32N4O3S. The van der Waals surface area contributed by atoms with E-state index in [-0.39, 0.29) is 18.4 Å². The maximum absolute atomic E-state index is 13.2. The summed E-state index contributed by atoms with van der Waals surface area (Å²) in [7, 11) is 5.59. The summed E-state index contributed by atoms with van der Waals surface area (Å²) in [4.78, 5) is 37.0. The van der Waals surface area contributed by atoms with Crippen LogP contribution in [0.2, 0.25) is 0 Å². The summed E-state index contributed by atoms with van der Waals surface area (Å²) in [6, 6.07) is 8.30. The lowest BCUT2D eigenvalue weighted by atomic mass is 9.93. The van der Waals surface area contributed by atoms with Crippen LogP contribution in [0.25, 0.3) is 0 Å². The molecule has 7 nitrogen and oxygen atoms in total. The van der Waals surface area contributed by atoms with Crippen molar-refractivity contribution < 1.29 is 14.3 Å². The molecule has 8 heteroatoms. The van der Waals surface area contributed by atoms with Gasteiger partial charge < -0.3 is 19.4 Å². The summed E-state index contributed by atoms with van der Waals surface area (Å²) < 4.78 is 5.13. The molecule has 1 saturated heterocycles. The first-order valence-corrected chi connectivity index (χ1v) is 12.2. The number of hydrogen-bond donors (Lipinski definition) is 0. The van der Waals surface area contributed by atoms with E-state index in [9.17, 15) is 9.59 Å². The highest BCUT2D eigenvalue weighted by atomic mass is 32.2. The van der Waals surface area contributed by atoms with Crippen LogP contribution in [0.3, 0.4) is 0 Å². The van der Waals surface area contributed by atoms with Crippen molar-refractivity contribution in [2.45, 2.75) is 45.2 Å². The molecule has 0 aromatic heterocycles. The molecule has 0 N–H and O–H groups in total. The Bertz CT molecular complexity index is 1020. The van der Waals surface area contributed by atoms with E-state index in [1.165, 1.54) is 18.9 Å². The predicted octanol–water partition coefficient (Wildman–Crippen LogP) is 3.69. The molecule has 33 heavy (non-hydrogen) atoms. The number of piperidine rings is 1. The molecule has 0 spiro atoms. The molecule has 3 heterocycles. The van der Waals surface area contributed by atoms with Gasteiger partial charge in [0.25, 0.3) is 0 Å². The Kier molecular flexibility index (Phi) is 6.95. The fourth-order valence-electron chi connectivity index (χ4n) is 4.70. The van der Waals surface area contributed by atoms with Crippen LogP contribution in [0.4, 0.5) is 0 Å². The molecule has 0 radical (unpaired) electrons. The van der Waals surface area contributed by atoms with Crippen LogP contribution in [-0.2, 0) is 14.3 Å². The summed E-state index contributed by atoms with van der Waals surface area (Å²) in [6.45, 7) is 5.43. The van der Waals surface area contributed by atoms with Crippen molar-refractivity contribution in [1.29, 1.82) is 0 Å². The Morgan fingerprint density at radius 1 is 1.15 bits per heavy atom. The van der Waals surface area contributed by atoms with E-state index in [0.29, 0.717) is 17.3 Å². The molecule has 1 aromatic carbocycles. The maximum atomic E-state index is 13.2. The van der Waals surface area contributed by atoms with Gasteiger partial charge in [-0.2, -0.15) is 0 Å². The smallest absolute Gasteiger partial charge is 0.338 e. The molecule has 3 aliphatic rings. The lowest BCUT2D eigenvalue weighted by Crippen LogP contribution is -2.45. The number of aryl methyl sites for hydroxylation is 1. The summed E-state index contributed by atoms with van der Waals surface area (Å²) >= 11 is 1.50. The number of allylic oxidation sites excluding steroid dienone is 1. The molecule has 1 atom stereocenters. The van der Waals surface area contributed by atoms with Gasteiger partial charge in [0.1, 0.15) is 0 Å². The first kappa shape index (κ1) is 23.6. The van der Waals surface area contributed by atoms with Crippen molar-refractivity contribution in [2.75, 3.05) is 34.3 Å². The molecule has 176 valence electrons. The number of ether oxygens (including phenoxy) is 1. The summed E-state index contributed by atoms with van der Waals surface area (Å²) in [6.07, 6.45) is 2.27. The molecule has 4 rings (SSSR count). The Morgan fingerprint density at radius 2 is 1.82 bits per heavy atom. The fraction of sp³-hybridized carbons (Fsp3) is 0.480. The van der Waals surface area contributed by atoms with Crippen molar-refractivity contribution in [3.8, 4) is 0 Å². The predicted molar refractivity (Wildman–Crippen MR) is 131 cm³/mol. The van der Waals surface area contributed by atoms with Gasteiger partial charge in [-0.1, -0.05) is 41.6 Å². The van der Waals surface area contributed by atoms with E-state index >= 15 is 0 Å². The number of rotatable bonds is 5. The zero-order valence-electron chi connectivity index (χ0n) is 20.0. The van der Waals surface area contributed by atoms with Crippen LogP contribution in [0.5, 0.6) is 0 Å². The number of carbonyl (C=O) groups excluding carboxylic acids is 2. The standard InChI is InChI=1S/C25H32N4O3S/c1-16-6-8-18(9-7-16)23-22(24(31)32-5)17(2)26-25-29(23)20(15-33-25)14-21(30)28-12-10-19(11-13-28)27(3)4/h6-9,15,19,23H,10-14H2,1-5H3. The van der Waals surface area contributed by atoms with E-state index in [2.05, 4.69) is 24.0 Å². The molecular weight excluding hydrogens is 436 g/mol. The van der Waals surface area contributed by atoms with Crippen molar-refractivity contribution in [3.63, 3.8) is 0 Å². The third-order valence-electron chi connectivity index (χ3n) is 6.68. The number of esters is 1. The minimum Gasteiger partial charge on any atom is -0.466 e. The van der Waals surface area contributed by atoms with Gasteiger partial charge in [0, 0.05) is 24.8 Å². The van der Waals surface area contributed by atoms with E-state index < -0.39 is 5.97 Å². The van der Waals surface area contributed by atoms with Gasteiger partial charge in [0.2, 0.25) is 5.91 Å². The second-order valence-electron chi connectivity index (χ2n) is 9.05. The second kappa shape index (κ2) is 9.73. The van der Waals surface area contributed by atoms with Crippen LogP contribution >= 0.6 is 11.8 Å². The van der Waals surface area contributed by atoms with Gasteiger partial charge in [-0.05, 0) is 51.8 Å². The van der Waals surface area contributed by atoms with Crippen molar-refractivity contribution in [3.05, 3.63) is 57.8 Å². The summed E-state index contributed by atoms with van der Waals surface area (Å²) in [5.41, 5.74) is 4.15. The zero-order valence-corrected chi connectivity index (χ0v) is 20.8. The number of amides is 1. The van der Waals surface area contributed by atoms with Gasteiger partial charge in [-0.3, -0.25) is 4.79 Å². The Morgan fingerprint density at radius 3 is 2.42 bits per heavy atom. The normalized spacial score (nSPS) is 21.2. The second-order valence-corrected chi connectivity index (χ2v) is 9.88. The minimum absolute atomic E-state index is 0.119. The Balaban J connectivity index is 1.59. The molecule has 0 bridgehead atoms. The maximum Gasteiger partial charge on any atom is 0.338 e. The molecule has 1 fully saturated rings. The largest absolute Gasteiger partial charge is 0.466 e. The zero-order chi connectivity index (χ0) is 23.7. The number of methoxy groups -OCH3 is 1. The van der Waals surface area contributed by atoms with Crippen LogP contribution in [0.1, 0.15) is 43.4 Å². The van der Waals surface area contributed by atoms with Gasteiger partial charge in [-0.15, -0.1) is 0 Å². The number of thioether (sulfide) groups is 1. The molecule has 0 saturated carbocycles. The SMILES string of the molecule is COC(=O)C1=C(C)N=C2SC=C(CC(=O)N3CCC(N(C)C)CC3)N2C1c1ccc(C)cc1. The number of hydrogen-bond acceptors (Lipinski definition) is 7. The number of amidine groups is 1. The van der Waals surface area contributed by atoms with Crippen LogP contribution in [0, 0.1) is 6.92 Å². The van der Waals surface area contributed by atoms with Crippen LogP contribution < -0.4 is 0 Å². The number of aliphatic imine (C=N–C) groups is 1. The number of nitrogens with zero attached hydrogens (tertiary/aromatic N) is 4. The topological polar surface area (TPSA) is 65.5 Å². The van der Waals surface area contributed by atoms with Crippen molar-refractivity contribution in [2.24, 2.45) is 4.99 Å². The number of likely N-dealkylation sites (tertiary alicyclic amines) is 1. The van der Waals surface area contributed by atoms with Gasteiger partial charge in [0.05, 0.1) is 30.8 Å². The highest BCUT2D eigenvalue weighted by Gasteiger charge is 2.41. The number of fused-ring (bicyclic) bond motifs is 1. The highest BCUT2D eigenvalue weighted by Crippen LogP contribution is 2.45. The molecule has 1 amide bonds. The van der Waals surface area contributed by atoms with Crippen molar-refractivity contribution >= 4 is 28.8 Å². The highest BCUT2D eigenvalue weighted by molar-refractivity contribution is 8.16. The van der Waals surface area contributed by atoms with E-state index in [0.717, 1.165) is 47.9 Å². The summed E-state index contributed by atoms with van der Waals surface area (Å²) in [5.74, 6) is -0.275. The van der Waals surface area contributed by atoms with Crippen LogP contribution in [0.15, 0.2) is 51.6 Å². The summed E-state index contributed by atoms with van der Waals surface area (Å²) in [5, 5.41) is 2.79. The first-order chi connectivity index (χ1) is 15.8. The van der Waals surface area contributed by atoms with E-state index in [1.54, 1.807) is 0 Å². The molecule has 1 aromatic rings. The average molecular weight is 469 g/mol.